The van der Waals surface area contributed by atoms with Gasteiger partial charge in [0.05, 0.1) is 11.0 Å². The fourth-order valence-electron chi connectivity index (χ4n) is 2.05. The van der Waals surface area contributed by atoms with Gasteiger partial charge in [-0.3, -0.25) is 4.79 Å². The number of carboxylic acids is 1. The van der Waals surface area contributed by atoms with Gasteiger partial charge in [0.2, 0.25) is 0 Å². The van der Waals surface area contributed by atoms with E-state index in [4.69, 9.17) is 5.11 Å². The summed E-state index contributed by atoms with van der Waals surface area (Å²) < 4.78 is 1.81. The molecule has 1 aromatic carbocycles. The van der Waals surface area contributed by atoms with E-state index in [9.17, 15) is 4.79 Å². The molecule has 0 spiro atoms. The van der Waals surface area contributed by atoms with Crippen molar-refractivity contribution in [2.45, 2.75) is 39.2 Å². The van der Waals surface area contributed by atoms with Crippen LogP contribution in [0.25, 0.3) is 11.0 Å². The number of carbonyl (C=O) groups is 1. The molecule has 0 saturated carbocycles. The van der Waals surface area contributed by atoms with Gasteiger partial charge >= 0.3 is 5.97 Å². The van der Waals surface area contributed by atoms with Gasteiger partial charge in [-0.1, -0.05) is 32.9 Å². The van der Waals surface area contributed by atoms with Gasteiger partial charge in [-0.05, 0) is 18.6 Å². The number of nitrogens with zero attached hydrogens (tertiary/aromatic N) is 2. The van der Waals surface area contributed by atoms with Gasteiger partial charge in [0, 0.05) is 5.41 Å². The summed E-state index contributed by atoms with van der Waals surface area (Å²) in [6.07, 6.45) is 0.913. The molecule has 1 heterocycles. The molecule has 0 fully saturated rings. The number of rotatable bonds is 4. The number of aromatic nitrogens is 2. The summed E-state index contributed by atoms with van der Waals surface area (Å²) in [5, 5.41) is 9.06. The predicted molar refractivity (Wildman–Crippen MR) is 70.7 cm³/mol. The zero-order chi connectivity index (χ0) is 13.3. The van der Waals surface area contributed by atoms with Crippen molar-refractivity contribution in [3.63, 3.8) is 0 Å². The highest BCUT2D eigenvalue weighted by Gasteiger charge is 2.26. The van der Waals surface area contributed by atoms with Crippen LogP contribution in [0.15, 0.2) is 24.3 Å². The molecule has 0 radical (unpaired) electrons. The Balaban J connectivity index is 2.68. The van der Waals surface area contributed by atoms with Crippen molar-refractivity contribution < 1.29 is 9.90 Å². The Morgan fingerprint density at radius 1 is 1.39 bits per heavy atom. The lowest BCUT2D eigenvalue weighted by atomic mass is 9.89. The number of para-hydroxylation sites is 2. The topological polar surface area (TPSA) is 55.1 Å². The fraction of sp³-hybridized carbons (Fsp3) is 0.429. The molecule has 0 atom stereocenters. The number of aliphatic carboxylic acids is 1. The highest BCUT2D eigenvalue weighted by atomic mass is 16.4. The van der Waals surface area contributed by atoms with Crippen LogP contribution >= 0.6 is 0 Å². The second-order valence-electron chi connectivity index (χ2n) is 5.14. The standard InChI is InChI=1S/C14H18N2O2/c1-4-14(2,3)13-15-10-7-5-6-8-11(10)16(13)9-12(17)18/h5-8H,4,9H2,1-3H3,(H,17,18). The molecular formula is C14H18N2O2. The highest BCUT2D eigenvalue weighted by molar-refractivity contribution is 5.78. The molecule has 2 aromatic rings. The largest absolute Gasteiger partial charge is 0.480 e. The van der Waals surface area contributed by atoms with Crippen LogP contribution in [0.3, 0.4) is 0 Å². The van der Waals surface area contributed by atoms with Crippen molar-refractivity contribution in [3.05, 3.63) is 30.1 Å². The first-order valence-electron chi connectivity index (χ1n) is 6.13. The molecule has 0 aliphatic heterocycles. The lowest BCUT2D eigenvalue weighted by Crippen LogP contribution is -2.24. The van der Waals surface area contributed by atoms with E-state index in [1.54, 1.807) is 4.57 Å². The van der Waals surface area contributed by atoms with E-state index in [1.165, 1.54) is 0 Å². The Kier molecular flexibility index (Phi) is 3.11. The molecule has 4 nitrogen and oxygen atoms in total. The molecule has 0 bridgehead atoms. The summed E-state index contributed by atoms with van der Waals surface area (Å²) in [6.45, 7) is 6.23. The monoisotopic (exact) mass is 246 g/mol. The first kappa shape index (κ1) is 12.6. The summed E-state index contributed by atoms with van der Waals surface area (Å²) in [7, 11) is 0. The van der Waals surface area contributed by atoms with Gasteiger partial charge in [-0.2, -0.15) is 0 Å². The van der Waals surface area contributed by atoms with Crippen LogP contribution in [0, 0.1) is 0 Å². The van der Waals surface area contributed by atoms with Crippen LogP contribution in [0.4, 0.5) is 0 Å². The molecular weight excluding hydrogens is 228 g/mol. The smallest absolute Gasteiger partial charge is 0.323 e. The molecule has 96 valence electrons. The van der Waals surface area contributed by atoms with Gasteiger partial charge in [0.15, 0.2) is 0 Å². The van der Waals surface area contributed by atoms with Gasteiger partial charge in [0.1, 0.15) is 12.4 Å². The molecule has 0 amide bonds. The third-order valence-electron chi connectivity index (χ3n) is 3.44. The van der Waals surface area contributed by atoms with Crippen LogP contribution in [0.5, 0.6) is 0 Å². The van der Waals surface area contributed by atoms with Crippen LogP contribution in [-0.4, -0.2) is 20.6 Å². The summed E-state index contributed by atoms with van der Waals surface area (Å²) in [6, 6.07) is 7.66. The number of carboxylic acid groups (broad SMARTS) is 1. The normalized spacial score (nSPS) is 11.9. The van der Waals surface area contributed by atoms with Crippen molar-refractivity contribution in [2.24, 2.45) is 0 Å². The maximum Gasteiger partial charge on any atom is 0.323 e. The van der Waals surface area contributed by atoms with Crippen LogP contribution in [0.2, 0.25) is 0 Å². The van der Waals surface area contributed by atoms with E-state index >= 15 is 0 Å². The maximum absolute atomic E-state index is 11.0. The Labute approximate surface area is 106 Å². The lowest BCUT2D eigenvalue weighted by molar-refractivity contribution is -0.137. The van der Waals surface area contributed by atoms with Crippen molar-refractivity contribution in [1.29, 1.82) is 0 Å². The summed E-state index contributed by atoms with van der Waals surface area (Å²) in [4.78, 5) is 15.6. The average Bonchev–Trinajstić information content (AvgIpc) is 2.68. The first-order valence-corrected chi connectivity index (χ1v) is 6.13. The third-order valence-corrected chi connectivity index (χ3v) is 3.44. The number of hydrogen-bond donors (Lipinski definition) is 1. The fourth-order valence-corrected chi connectivity index (χ4v) is 2.05. The van der Waals surface area contributed by atoms with Crippen molar-refractivity contribution in [1.82, 2.24) is 9.55 Å². The molecule has 2 rings (SSSR count). The number of hydrogen-bond acceptors (Lipinski definition) is 2. The van der Waals surface area contributed by atoms with Gasteiger partial charge in [-0.25, -0.2) is 4.98 Å². The molecule has 0 unspecified atom stereocenters. The molecule has 0 aliphatic rings. The highest BCUT2D eigenvalue weighted by Crippen LogP contribution is 2.29. The van der Waals surface area contributed by atoms with Crippen molar-refractivity contribution in [2.75, 3.05) is 0 Å². The minimum atomic E-state index is -0.841. The van der Waals surface area contributed by atoms with Gasteiger partial charge in [0.25, 0.3) is 0 Å². The average molecular weight is 246 g/mol. The van der Waals surface area contributed by atoms with E-state index in [1.807, 2.05) is 24.3 Å². The Hall–Kier alpha value is -1.84. The second-order valence-corrected chi connectivity index (χ2v) is 5.14. The summed E-state index contributed by atoms with van der Waals surface area (Å²) in [5.74, 6) is -0.0000869. The van der Waals surface area contributed by atoms with Crippen molar-refractivity contribution in [3.8, 4) is 0 Å². The molecule has 0 aliphatic carbocycles. The SMILES string of the molecule is CCC(C)(C)c1nc2ccccc2n1CC(=O)O. The molecule has 0 saturated heterocycles. The van der Waals surface area contributed by atoms with Crippen LogP contribution < -0.4 is 0 Å². The van der Waals surface area contributed by atoms with Gasteiger partial charge in [-0.15, -0.1) is 0 Å². The second kappa shape index (κ2) is 4.44. The zero-order valence-electron chi connectivity index (χ0n) is 11.0. The van der Waals surface area contributed by atoms with Crippen molar-refractivity contribution >= 4 is 17.0 Å². The minimum absolute atomic E-state index is 0.0424. The quantitative estimate of drug-likeness (QED) is 0.902. The summed E-state index contributed by atoms with van der Waals surface area (Å²) in [5.41, 5.74) is 1.61. The Morgan fingerprint density at radius 3 is 2.67 bits per heavy atom. The molecule has 4 heteroatoms. The third kappa shape index (κ3) is 2.10. The predicted octanol–water partition coefficient (Wildman–Crippen LogP) is 2.81. The van der Waals surface area contributed by atoms with Crippen LogP contribution in [0.1, 0.15) is 33.0 Å². The van der Waals surface area contributed by atoms with E-state index < -0.39 is 5.97 Å². The maximum atomic E-state index is 11.0. The van der Waals surface area contributed by atoms with E-state index in [0.717, 1.165) is 23.3 Å². The number of benzene rings is 1. The Morgan fingerprint density at radius 2 is 2.06 bits per heavy atom. The lowest BCUT2D eigenvalue weighted by Gasteiger charge is -2.22. The van der Waals surface area contributed by atoms with E-state index in [2.05, 4.69) is 25.8 Å². The minimum Gasteiger partial charge on any atom is -0.480 e. The molecule has 1 N–H and O–H groups in total. The van der Waals surface area contributed by atoms with E-state index in [-0.39, 0.29) is 12.0 Å². The zero-order valence-corrected chi connectivity index (χ0v) is 11.0. The van der Waals surface area contributed by atoms with E-state index in [0.29, 0.717) is 0 Å². The summed E-state index contributed by atoms with van der Waals surface area (Å²) >= 11 is 0. The Bertz CT molecular complexity index is 584. The first-order chi connectivity index (χ1) is 8.45. The number of imidazole rings is 1. The van der Waals surface area contributed by atoms with Gasteiger partial charge < -0.3 is 9.67 Å². The molecule has 18 heavy (non-hydrogen) atoms. The van der Waals surface area contributed by atoms with Crippen LogP contribution in [-0.2, 0) is 16.8 Å². The number of fused-ring (bicyclic) bond motifs is 1. The molecule has 1 aromatic heterocycles.